The number of halogens is 2. The van der Waals surface area contributed by atoms with E-state index in [0.29, 0.717) is 12.1 Å². The van der Waals surface area contributed by atoms with E-state index in [9.17, 15) is 27.7 Å². The first-order valence-corrected chi connectivity index (χ1v) is 5.96. The Balaban J connectivity index is 3.65. The third kappa shape index (κ3) is 2.34. The third-order valence-electron chi connectivity index (χ3n) is 1.68. The molecular weight excluding hydrogens is 265 g/mol. The summed E-state index contributed by atoms with van der Waals surface area (Å²) in [6, 6.07) is 0.966. The Labute approximate surface area is 93.2 Å². The fraction of sp³-hybridized carbons (Fsp3) is 0. The van der Waals surface area contributed by atoms with Crippen LogP contribution in [-0.2, 0) is 9.05 Å². The highest BCUT2D eigenvalue weighted by atomic mass is 35.7. The quantitative estimate of drug-likeness (QED) is 0.358. The van der Waals surface area contributed by atoms with Crippen LogP contribution in [-0.4, -0.2) is 19.6 Å². The summed E-state index contributed by atoms with van der Waals surface area (Å²) < 4.78 is 34.8. The van der Waals surface area contributed by atoms with E-state index >= 15 is 0 Å². The third-order valence-corrected chi connectivity index (χ3v) is 3.01. The highest BCUT2D eigenvalue weighted by Crippen LogP contribution is 2.26. The van der Waals surface area contributed by atoms with E-state index in [1.54, 1.807) is 0 Å². The molecule has 1 aromatic carbocycles. The van der Waals surface area contributed by atoms with Gasteiger partial charge in [0.2, 0.25) is 0 Å². The van der Waals surface area contributed by atoms with Crippen LogP contribution in [0.3, 0.4) is 0 Å². The lowest BCUT2D eigenvalue weighted by molar-refractivity contribution is -0.385. The van der Waals surface area contributed by atoms with Crippen LogP contribution in [0.15, 0.2) is 17.0 Å². The van der Waals surface area contributed by atoms with Crippen LogP contribution in [0.4, 0.5) is 10.1 Å². The summed E-state index contributed by atoms with van der Waals surface area (Å²) in [4.78, 5) is 19.0. The van der Waals surface area contributed by atoms with Crippen LogP contribution in [0, 0.1) is 15.9 Å². The van der Waals surface area contributed by atoms with Crippen LogP contribution in [0.2, 0.25) is 0 Å². The summed E-state index contributed by atoms with van der Waals surface area (Å²) in [7, 11) is 0.603. The minimum atomic E-state index is -4.29. The van der Waals surface area contributed by atoms with E-state index < -0.39 is 35.9 Å². The lowest BCUT2D eigenvalue weighted by Crippen LogP contribution is -2.01. The lowest BCUT2D eigenvalue weighted by atomic mass is 10.2. The number of benzene rings is 1. The van der Waals surface area contributed by atoms with Gasteiger partial charge in [0, 0.05) is 16.7 Å². The van der Waals surface area contributed by atoms with Gasteiger partial charge < -0.3 is 0 Å². The molecule has 86 valence electrons. The van der Waals surface area contributed by atoms with Crippen molar-refractivity contribution in [1.82, 2.24) is 0 Å². The van der Waals surface area contributed by atoms with E-state index in [-0.39, 0.29) is 6.29 Å². The summed E-state index contributed by atoms with van der Waals surface area (Å²) in [5.74, 6) is -1.32. The molecule has 0 N–H and O–H groups in total. The number of hydrogen-bond acceptors (Lipinski definition) is 5. The van der Waals surface area contributed by atoms with Crippen molar-refractivity contribution < 1.29 is 22.5 Å². The number of nitro benzene ring substituents is 1. The molecule has 0 fully saturated rings. The standard InChI is InChI=1S/C7H3ClFNO5S/c8-16(14,15)4-1-6(9)5(3-11)7(2-4)10(12)13/h1-3H. The molecule has 0 saturated heterocycles. The fourth-order valence-electron chi connectivity index (χ4n) is 0.988. The average Bonchev–Trinajstić information content (AvgIpc) is 2.14. The second-order valence-electron chi connectivity index (χ2n) is 2.65. The molecule has 0 aliphatic rings. The summed E-state index contributed by atoms with van der Waals surface area (Å²) in [5.41, 5.74) is -1.77. The fourth-order valence-corrected chi connectivity index (χ4v) is 1.75. The number of nitro groups is 1. The van der Waals surface area contributed by atoms with Gasteiger partial charge in [-0.05, 0) is 6.07 Å². The highest BCUT2D eigenvalue weighted by Gasteiger charge is 2.23. The molecule has 0 amide bonds. The van der Waals surface area contributed by atoms with E-state index in [2.05, 4.69) is 0 Å². The number of aldehydes is 1. The molecule has 0 aromatic heterocycles. The Morgan fingerprint density at radius 3 is 2.38 bits per heavy atom. The molecule has 1 aromatic rings. The van der Waals surface area contributed by atoms with Crippen molar-refractivity contribution in [3.8, 4) is 0 Å². The maximum Gasteiger partial charge on any atom is 0.284 e. The van der Waals surface area contributed by atoms with Crippen LogP contribution < -0.4 is 0 Å². The SMILES string of the molecule is O=Cc1c(F)cc(S(=O)(=O)Cl)cc1[N+](=O)[O-]. The van der Waals surface area contributed by atoms with Crippen molar-refractivity contribution in [2.75, 3.05) is 0 Å². The molecule has 0 heterocycles. The molecule has 16 heavy (non-hydrogen) atoms. The van der Waals surface area contributed by atoms with Gasteiger partial charge in [0.1, 0.15) is 11.4 Å². The molecular formula is C7H3ClFNO5S. The topological polar surface area (TPSA) is 94.3 Å². The van der Waals surface area contributed by atoms with Gasteiger partial charge in [-0.25, -0.2) is 12.8 Å². The Morgan fingerprint density at radius 1 is 1.44 bits per heavy atom. The minimum Gasteiger partial charge on any atom is -0.298 e. The molecule has 0 aliphatic heterocycles. The van der Waals surface area contributed by atoms with Crippen molar-refractivity contribution in [3.63, 3.8) is 0 Å². The smallest absolute Gasteiger partial charge is 0.284 e. The first-order valence-electron chi connectivity index (χ1n) is 3.65. The molecule has 0 bridgehead atoms. The average molecular weight is 268 g/mol. The maximum absolute atomic E-state index is 13.1. The molecule has 6 nitrogen and oxygen atoms in total. The van der Waals surface area contributed by atoms with Crippen LogP contribution in [0.5, 0.6) is 0 Å². The molecule has 0 atom stereocenters. The zero-order chi connectivity index (χ0) is 12.5. The predicted octanol–water partition coefficient (Wildman–Crippen LogP) is 1.47. The van der Waals surface area contributed by atoms with Crippen LogP contribution in [0.25, 0.3) is 0 Å². The molecule has 0 unspecified atom stereocenters. The predicted molar refractivity (Wildman–Crippen MR) is 51.5 cm³/mol. The number of carbonyl (C=O) groups is 1. The van der Waals surface area contributed by atoms with E-state index in [1.165, 1.54) is 0 Å². The molecule has 0 saturated carbocycles. The number of rotatable bonds is 3. The Kier molecular flexibility index (Phi) is 3.24. The molecule has 0 spiro atoms. The van der Waals surface area contributed by atoms with Gasteiger partial charge in [0.25, 0.3) is 14.7 Å². The number of carbonyl (C=O) groups excluding carboxylic acids is 1. The van der Waals surface area contributed by atoms with Gasteiger partial charge in [-0.3, -0.25) is 14.9 Å². The number of hydrogen-bond donors (Lipinski definition) is 0. The molecule has 0 radical (unpaired) electrons. The second kappa shape index (κ2) is 4.14. The van der Waals surface area contributed by atoms with Crippen molar-refractivity contribution in [2.45, 2.75) is 4.90 Å². The summed E-state index contributed by atoms with van der Waals surface area (Å²) in [6.07, 6.45) is -0.0713. The Morgan fingerprint density at radius 2 is 2.00 bits per heavy atom. The van der Waals surface area contributed by atoms with Gasteiger partial charge in [-0.1, -0.05) is 0 Å². The van der Waals surface area contributed by atoms with Crippen molar-refractivity contribution in [3.05, 3.63) is 33.6 Å². The van der Waals surface area contributed by atoms with E-state index in [4.69, 9.17) is 10.7 Å². The summed E-state index contributed by atoms with van der Waals surface area (Å²) >= 11 is 0. The first-order chi connectivity index (χ1) is 7.27. The van der Waals surface area contributed by atoms with Gasteiger partial charge >= 0.3 is 0 Å². The van der Waals surface area contributed by atoms with Crippen LogP contribution in [0.1, 0.15) is 10.4 Å². The molecule has 9 heteroatoms. The summed E-state index contributed by atoms with van der Waals surface area (Å²) in [5, 5.41) is 10.5. The van der Waals surface area contributed by atoms with Crippen molar-refractivity contribution >= 4 is 31.7 Å². The lowest BCUT2D eigenvalue weighted by Gasteiger charge is -2.00. The van der Waals surface area contributed by atoms with E-state index in [1.807, 2.05) is 0 Å². The second-order valence-corrected chi connectivity index (χ2v) is 5.22. The monoisotopic (exact) mass is 267 g/mol. The van der Waals surface area contributed by atoms with Crippen molar-refractivity contribution in [1.29, 1.82) is 0 Å². The Bertz CT molecular complexity index is 570. The summed E-state index contributed by atoms with van der Waals surface area (Å²) in [6.45, 7) is 0. The van der Waals surface area contributed by atoms with Gasteiger partial charge in [0.15, 0.2) is 6.29 Å². The maximum atomic E-state index is 13.1. The zero-order valence-electron chi connectivity index (χ0n) is 7.38. The first kappa shape index (κ1) is 12.5. The van der Waals surface area contributed by atoms with Gasteiger partial charge in [-0.2, -0.15) is 0 Å². The van der Waals surface area contributed by atoms with Crippen molar-refractivity contribution in [2.24, 2.45) is 0 Å². The van der Waals surface area contributed by atoms with E-state index in [0.717, 1.165) is 0 Å². The van der Waals surface area contributed by atoms with Gasteiger partial charge in [-0.15, -0.1) is 0 Å². The molecule has 0 aliphatic carbocycles. The normalized spacial score (nSPS) is 11.1. The molecule has 1 rings (SSSR count). The number of nitrogens with zero attached hydrogens (tertiary/aromatic N) is 1. The zero-order valence-corrected chi connectivity index (χ0v) is 8.96. The highest BCUT2D eigenvalue weighted by molar-refractivity contribution is 8.13. The minimum absolute atomic E-state index is 0.0713. The van der Waals surface area contributed by atoms with Gasteiger partial charge in [0.05, 0.1) is 9.82 Å². The largest absolute Gasteiger partial charge is 0.298 e. The van der Waals surface area contributed by atoms with Crippen LogP contribution >= 0.6 is 10.7 Å². The Hall–Kier alpha value is -1.54.